The Balaban J connectivity index is 1.48. The molecule has 0 spiro atoms. The lowest BCUT2D eigenvalue weighted by Gasteiger charge is -2.34. The summed E-state index contributed by atoms with van der Waals surface area (Å²) in [5, 5.41) is 2.99. The van der Waals surface area contributed by atoms with Crippen LogP contribution in [0.1, 0.15) is 21.5 Å². The SMILES string of the molecule is COc1cc(C(=O)OCC(=O)N2CCN(CC(=O)Nc3c(C)cccc3C)CC2)cc(OC)c1OC. The predicted molar refractivity (Wildman–Crippen MR) is 134 cm³/mol. The van der Waals surface area contributed by atoms with Gasteiger partial charge in [-0.05, 0) is 37.1 Å². The number of hydrogen-bond donors (Lipinski definition) is 1. The van der Waals surface area contributed by atoms with E-state index in [1.165, 1.54) is 33.5 Å². The molecule has 2 amide bonds. The zero-order valence-corrected chi connectivity index (χ0v) is 21.4. The molecule has 1 aliphatic rings. The molecule has 2 aromatic rings. The molecule has 1 saturated heterocycles. The first-order valence-corrected chi connectivity index (χ1v) is 11.6. The number of para-hydroxylation sites is 1. The highest BCUT2D eigenvalue weighted by Gasteiger charge is 2.24. The molecule has 10 nitrogen and oxygen atoms in total. The molecule has 194 valence electrons. The zero-order valence-electron chi connectivity index (χ0n) is 21.4. The van der Waals surface area contributed by atoms with Gasteiger partial charge in [0.25, 0.3) is 5.91 Å². The molecule has 1 N–H and O–H groups in total. The number of carbonyl (C=O) groups is 3. The van der Waals surface area contributed by atoms with Crippen molar-refractivity contribution in [3.05, 3.63) is 47.0 Å². The number of amides is 2. The summed E-state index contributed by atoms with van der Waals surface area (Å²) < 4.78 is 21.0. The largest absolute Gasteiger partial charge is 0.493 e. The fourth-order valence-corrected chi connectivity index (χ4v) is 4.05. The van der Waals surface area contributed by atoms with Crippen LogP contribution in [0.4, 0.5) is 5.69 Å². The zero-order chi connectivity index (χ0) is 26.2. The van der Waals surface area contributed by atoms with Gasteiger partial charge in [-0.3, -0.25) is 14.5 Å². The fraction of sp³-hybridized carbons (Fsp3) is 0.423. The molecule has 0 radical (unpaired) electrons. The summed E-state index contributed by atoms with van der Waals surface area (Å²) in [6.45, 7) is 5.76. The Labute approximate surface area is 211 Å². The van der Waals surface area contributed by atoms with Gasteiger partial charge in [-0.15, -0.1) is 0 Å². The van der Waals surface area contributed by atoms with E-state index in [4.69, 9.17) is 18.9 Å². The topological polar surface area (TPSA) is 107 Å². The number of piperazine rings is 1. The van der Waals surface area contributed by atoms with Gasteiger partial charge in [-0.2, -0.15) is 0 Å². The van der Waals surface area contributed by atoms with Crippen LogP contribution >= 0.6 is 0 Å². The smallest absolute Gasteiger partial charge is 0.338 e. The number of esters is 1. The van der Waals surface area contributed by atoms with Crippen molar-refractivity contribution in [3.63, 3.8) is 0 Å². The number of aryl methyl sites for hydroxylation is 2. The van der Waals surface area contributed by atoms with Gasteiger partial charge in [-0.1, -0.05) is 18.2 Å². The first-order valence-electron chi connectivity index (χ1n) is 11.6. The van der Waals surface area contributed by atoms with Gasteiger partial charge < -0.3 is 29.2 Å². The molecular weight excluding hydrogens is 466 g/mol. The molecule has 0 aliphatic carbocycles. The lowest BCUT2D eigenvalue weighted by molar-refractivity contribution is -0.136. The number of benzene rings is 2. The molecule has 10 heteroatoms. The van der Waals surface area contributed by atoms with E-state index in [-0.39, 0.29) is 30.5 Å². The highest BCUT2D eigenvalue weighted by molar-refractivity contribution is 5.94. The average Bonchev–Trinajstić information content (AvgIpc) is 2.88. The van der Waals surface area contributed by atoms with Crippen molar-refractivity contribution in [3.8, 4) is 17.2 Å². The van der Waals surface area contributed by atoms with Crippen molar-refractivity contribution >= 4 is 23.5 Å². The van der Waals surface area contributed by atoms with Gasteiger partial charge >= 0.3 is 5.97 Å². The molecule has 0 aromatic heterocycles. The van der Waals surface area contributed by atoms with E-state index in [0.717, 1.165) is 16.8 Å². The summed E-state index contributed by atoms with van der Waals surface area (Å²) in [6.07, 6.45) is 0. The number of hydrogen-bond acceptors (Lipinski definition) is 8. The summed E-state index contributed by atoms with van der Waals surface area (Å²) in [5.41, 5.74) is 3.04. The van der Waals surface area contributed by atoms with Crippen molar-refractivity contribution in [2.24, 2.45) is 0 Å². The van der Waals surface area contributed by atoms with E-state index in [0.29, 0.717) is 43.4 Å². The van der Waals surface area contributed by atoms with Crippen LogP contribution < -0.4 is 19.5 Å². The van der Waals surface area contributed by atoms with Crippen LogP contribution in [0.5, 0.6) is 17.2 Å². The van der Waals surface area contributed by atoms with Crippen molar-refractivity contribution in [2.45, 2.75) is 13.8 Å². The number of nitrogens with one attached hydrogen (secondary N) is 1. The molecule has 36 heavy (non-hydrogen) atoms. The van der Waals surface area contributed by atoms with Crippen molar-refractivity contribution < 1.29 is 33.3 Å². The quantitative estimate of drug-likeness (QED) is 0.524. The number of rotatable bonds is 9. The van der Waals surface area contributed by atoms with Gasteiger partial charge in [0.1, 0.15) is 0 Å². The van der Waals surface area contributed by atoms with E-state index in [1.807, 2.05) is 36.9 Å². The summed E-state index contributed by atoms with van der Waals surface area (Å²) in [4.78, 5) is 41.3. The molecule has 3 rings (SSSR count). The third-order valence-corrected chi connectivity index (χ3v) is 6.06. The molecule has 2 aromatic carbocycles. The maximum absolute atomic E-state index is 12.6. The van der Waals surface area contributed by atoms with E-state index in [2.05, 4.69) is 5.32 Å². The maximum atomic E-state index is 12.6. The Bertz CT molecular complexity index is 1070. The lowest BCUT2D eigenvalue weighted by atomic mass is 10.1. The highest BCUT2D eigenvalue weighted by Crippen LogP contribution is 2.38. The van der Waals surface area contributed by atoms with Gasteiger partial charge in [0.2, 0.25) is 11.7 Å². The Morgan fingerprint density at radius 3 is 2.00 bits per heavy atom. The fourth-order valence-electron chi connectivity index (χ4n) is 4.05. The normalized spacial score (nSPS) is 13.6. The third kappa shape index (κ3) is 6.45. The van der Waals surface area contributed by atoms with Crippen LogP contribution in [0, 0.1) is 13.8 Å². The second-order valence-corrected chi connectivity index (χ2v) is 8.46. The maximum Gasteiger partial charge on any atom is 0.338 e. The minimum atomic E-state index is -0.676. The Kier molecular flexibility index (Phi) is 9.13. The first-order chi connectivity index (χ1) is 17.3. The number of methoxy groups -OCH3 is 3. The average molecular weight is 500 g/mol. The highest BCUT2D eigenvalue weighted by atomic mass is 16.5. The Hall–Kier alpha value is -3.79. The van der Waals surface area contributed by atoms with Gasteiger partial charge in [-0.25, -0.2) is 4.79 Å². The van der Waals surface area contributed by atoms with E-state index in [9.17, 15) is 14.4 Å². The lowest BCUT2D eigenvalue weighted by Crippen LogP contribution is -2.51. The second kappa shape index (κ2) is 12.3. The van der Waals surface area contributed by atoms with Crippen molar-refractivity contribution in [1.29, 1.82) is 0 Å². The third-order valence-electron chi connectivity index (χ3n) is 6.06. The standard InChI is InChI=1S/C26H33N3O7/c1-17-7-6-8-18(2)24(17)27-22(30)15-28-9-11-29(12-10-28)23(31)16-36-26(32)19-13-20(33-3)25(35-5)21(14-19)34-4/h6-8,13-14H,9-12,15-16H2,1-5H3,(H,27,30). The van der Waals surface area contributed by atoms with Crippen LogP contribution in [-0.4, -0.2) is 88.2 Å². The predicted octanol–water partition coefficient (Wildman–Crippen LogP) is 2.27. The monoisotopic (exact) mass is 499 g/mol. The van der Waals surface area contributed by atoms with E-state index < -0.39 is 5.97 Å². The van der Waals surface area contributed by atoms with Crippen LogP contribution in [0.2, 0.25) is 0 Å². The van der Waals surface area contributed by atoms with Gasteiger partial charge in [0.05, 0.1) is 33.4 Å². The van der Waals surface area contributed by atoms with E-state index >= 15 is 0 Å². The van der Waals surface area contributed by atoms with Crippen LogP contribution in [0.15, 0.2) is 30.3 Å². The summed E-state index contributed by atoms with van der Waals surface area (Å²) >= 11 is 0. The molecule has 0 atom stereocenters. The molecule has 1 aliphatic heterocycles. The number of nitrogens with zero attached hydrogens (tertiary/aromatic N) is 2. The molecule has 0 unspecified atom stereocenters. The van der Waals surface area contributed by atoms with Crippen LogP contribution in [-0.2, 0) is 14.3 Å². The molecular formula is C26H33N3O7. The number of anilines is 1. The van der Waals surface area contributed by atoms with E-state index in [1.54, 1.807) is 4.90 Å². The summed E-state index contributed by atoms with van der Waals surface area (Å²) in [5.74, 6) is -0.0831. The van der Waals surface area contributed by atoms with Crippen molar-refractivity contribution in [1.82, 2.24) is 9.80 Å². The second-order valence-electron chi connectivity index (χ2n) is 8.46. The Morgan fingerprint density at radius 2 is 1.47 bits per heavy atom. The Morgan fingerprint density at radius 1 is 0.889 bits per heavy atom. The van der Waals surface area contributed by atoms with Gasteiger partial charge in [0, 0.05) is 31.9 Å². The van der Waals surface area contributed by atoms with Crippen molar-refractivity contribution in [2.75, 3.05) is 66.0 Å². The van der Waals surface area contributed by atoms with Crippen LogP contribution in [0.3, 0.4) is 0 Å². The minimum absolute atomic E-state index is 0.0912. The van der Waals surface area contributed by atoms with Crippen LogP contribution in [0.25, 0.3) is 0 Å². The molecule has 0 saturated carbocycles. The summed E-state index contributed by atoms with van der Waals surface area (Å²) in [7, 11) is 4.36. The number of carbonyl (C=O) groups excluding carboxylic acids is 3. The molecule has 1 heterocycles. The minimum Gasteiger partial charge on any atom is -0.493 e. The molecule has 1 fully saturated rings. The molecule has 0 bridgehead atoms. The first kappa shape index (κ1) is 26.8. The van der Waals surface area contributed by atoms with Gasteiger partial charge in [0.15, 0.2) is 18.1 Å². The number of ether oxygens (including phenoxy) is 4. The summed E-state index contributed by atoms with van der Waals surface area (Å²) in [6, 6.07) is 8.81.